The number of hydrogen-bond acceptors (Lipinski definition) is 1. The molecule has 82 valence electrons. The molecule has 1 N–H and O–H groups in total. The van der Waals surface area contributed by atoms with E-state index in [1.165, 1.54) is 6.07 Å². The van der Waals surface area contributed by atoms with Crippen molar-refractivity contribution in [2.24, 2.45) is 0 Å². The molecule has 0 spiro atoms. The first-order valence-electron chi connectivity index (χ1n) is 4.94. The topological polar surface area (TPSA) is 12.0 Å². The van der Waals surface area contributed by atoms with Gasteiger partial charge in [-0.1, -0.05) is 12.1 Å². The van der Waals surface area contributed by atoms with Crippen LogP contribution in [0.2, 0.25) is 0 Å². The van der Waals surface area contributed by atoms with Gasteiger partial charge in [0.2, 0.25) is 0 Å². The van der Waals surface area contributed by atoms with E-state index in [1.807, 2.05) is 12.1 Å². The van der Waals surface area contributed by atoms with E-state index >= 15 is 0 Å². The maximum atomic E-state index is 13.5. The zero-order valence-electron chi connectivity index (χ0n) is 8.80. The van der Waals surface area contributed by atoms with Crippen molar-refractivity contribution >= 4 is 5.69 Å². The molecule has 2 aromatic rings. The average molecular weight is 219 g/mol. The highest BCUT2D eigenvalue weighted by molar-refractivity contribution is 5.66. The lowest BCUT2D eigenvalue weighted by Gasteiger charge is -2.05. The van der Waals surface area contributed by atoms with Crippen LogP contribution >= 0.6 is 0 Å². The molecule has 0 aromatic heterocycles. The molecule has 0 fully saturated rings. The lowest BCUT2D eigenvalue weighted by molar-refractivity contribution is 0.603. The Hall–Kier alpha value is -1.90. The predicted octanol–water partition coefficient (Wildman–Crippen LogP) is 3.67. The SMILES string of the molecule is CNc1ccc(-c2cc(F)ccc2F)cc1. The van der Waals surface area contributed by atoms with E-state index in [4.69, 9.17) is 0 Å². The van der Waals surface area contributed by atoms with Gasteiger partial charge in [-0.3, -0.25) is 0 Å². The Morgan fingerprint density at radius 2 is 1.62 bits per heavy atom. The highest BCUT2D eigenvalue weighted by atomic mass is 19.1. The van der Waals surface area contributed by atoms with Crippen molar-refractivity contribution in [3.8, 4) is 11.1 Å². The molecule has 2 aromatic carbocycles. The third-order valence-corrected chi connectivity index (χ3v) is 2.41. The minimum atomic E-state index is -0.436. The van der Waals surface area contributed by atoms with Crippen molar-refractivity contribution in [1.29, 1.82) is 0 Å². The van der Waals surface area contributed by atoms with Gasteiger partial charge in [0.1, 0.15) is 11.6 Å². The molecule has 0 amide bonds. The van der Waals surface area contributed by atoms with Crippen LogP contribution < -0.4 is 5.32 Å². The molecule has 0 saturated carbocycles. The molecule has 1 nitrogen and oxygen atoms in total. The minimum absolute atomic E-state index is 0.280. The summed E-state index contributed by atoms with van der Waals surface area (Å²) in [6.45, 7) is 0. The van der Waals surface area contributed by atoms with Crippen LogP contribution in [0.5, 0.6) is 0 Å². The molecular formula is C13H11F2N. The summed E-state index contributed by atoms with van der Waals surface area (Å²) in [4.78, 5) is 0. The van der Waals surface area contributed by atoms with Gasteiger partial charge in [0, 0.05) is 18.3 Å². The Balaban J connectivity index is 2.45. The van der Waals surface area contributed by atoms with Crippen molar-refractivity contribution in [2.75, 3.05) is 12.4 Å². The quantitative estimate of drug-likeness (QED) is 0.812. The van der Waals surface area contributed by atoms with Crippen LogP contribution in [-0.4, -0.2) is 7.05 Å². The summed E-state index contributed by atoms with van der Waals surface area (Å²) in [6, 6.07) is 10.6. The summed E-state index contributed by atoms with van der Waals surface area (Å²) < 4.78 is 26.5. The Morgan fingerprint density at radius 3 is 2.25 bits per heavy atom. The van der Waals surface area contributed by atoms with Crippen molar-refractivity contribution < 1.29 is 8.78 Å². The second-order valence-electron chi connectivity index (χ2n) is 3.45. The molecule has 2 rings (SSSR count). The molecule has 0 atom stereocenters. The molecule has 0 heterocycles. The van der Waals surface area contributed by atoms with Gasteiger partial charge in [0.05, 0.1) is 0 Å². The number of rotatable bonds is 2. The van der Waals surface area contributed by atoms with Crippen molar-refractivity contribution in [3.63, 3.8) is 0 Å². The molecule has 0 saturated heterocycles. The molecule has 3 heteroatoms. The van der Waals surface area contributed by atoms with E-state index in [-0.39, 0.29) is 5.56 Å². The smallest absolute Gasteiger partial charge is 0.131 e. The second-order valence-corrected chi connectivity index (χ2v) is 3.45. The fraction of sp³-hybridized carbons (Fsp3) is 0.0769. The van der Waals surface area contributed by atoms with Crippen LogP contribution in [0, 0.1) is 11.6 Å². The number of hydrogen-bond donors (Lipinski definition) is 1. The molecule has 0 aliphatic heterocycles. The molecular weight excluding hydrogens is 208 g/mol. The number of benzene rings is 2. The highest BCUT2D eigenvalue weighted by Gasteiger charge is 2.06. The summed E-state index contributed by atoms with van der Waals surface area (Å²) in [5.41, 5.74) is 1.87. The standard InChI is InChI=1S/C13H11F2N/c1-16-11-5-2-9(3-6-11)12-8-10(14)4-7-13(12)15/h2-8,16H,1H3. The van der Waals surface area contributed by atoms with Gasteiger partial charge >= 0.3 is 0 Å². The van der Waals surface area contributed by atoms with Gasteiger partial charge in [0.15, 0.2) is 0 Å². The third-order valence-electron chi connectivity index (χ3n) is 2.41. The molecule has 16 heavy (non-hydrogen) atoms. The Bertz CT molecular complexity index is 492. The van der Waals surface area contributed by atoms with E-state index in [9.17, 15) is 8.78 Å². The Morgan fingerprint density at radius 1 is 0.938 bits per heavy atom. The first-order chi connectivity index (χ1) is 7.70. The monoisotopic (exact) mass is 219 g/mol. The van der Waals surface area contributed by atoms with Crippen LogP contribution in [0.4, 0.5) is 14.5 Å². The van der Waals surface area contributed by atoms with Crippen LogP contribution in [0.15, 0.2) is 42.5 Å². The summed E-state index contributed by atoms with van der Waals surface area (Å²) in [5, 5.41) is 2.96. The summed E-state index contributed by atoms with van der Waals surface area (Å²) in [6.07, 6.45) is 0. The predicted molar refractivity (Wildman–Crippen MR) is 61.3 cm³/mol. The number of halogens is 2. The molecule has 0 bridgehead atoms. The largest absolute Gasteiger partial charge is 0.388 e. The van der Waals surface area contributed by atoms with Crippen molar-refractivity contribution in [2.45, 2.75) is 0 Å². The van der Waals surface area contributed by atoms with E-state index in [2.05, 4.69) is 5.32 Å². The number of anilines is 1. The first-order valence-corrected chi connectivity index (χ1v) is 4.94. The zero-order valence-corrected chi connectivity index (χ0v) is 8.80. The van der Waals surface area contributed by atoms with Gasteiger partial charge in [-0.25, -0.2) is 8.78 Å². The van der Waals surface area contributed by atoms with Crippen molar-refractivity contribution in [3.05, 3.63) is 54.1 Å². The van der Waals surface area contributed by atoms with Gasteiger partial charge in [-0.2, -0.15) is 0 Å². The zero-order chi connectivity index (χ0) is 11.5. The fourth-order valence-corrected chi connectivity index (χ4v) is 1.54. The normalized spacial score (nSPS) is 10.2. The van der Waals surface area contributed by atoms with Crippen LogP contribution in [0.3, 0.4) is 0 Å². The van der Waals surface area contributed by atoms with Crippen LogP contribution in [0.1, 0.15) is 0 Å². The van der Waals surface area contributed by atoms with E-state index < -0.39 is 11.6 Å². The average Bonchev–Trinajstić information content (AvgIpc) is 2.32. The minimum Gasteiger partial charge on any atom is -0.388 e. The maximum Gasteiger partial charge on any atom is 0.131 e. The molecule has 0 aliphatic rings. The van der Waals surface area contributed by atoms with E-state index in [0.717, 1.165) is 17.8 Å². The van der Waals surface area contributed by atoms with Crippen LogP contribution in [-0.2, 0) is 0 Å². The van der Waals surface area contributed by atoms with Crippen LogP contribution in [0.25, 0.3) is 11.1 Å². The van der Waals surface area contributed by atoms with E-state index in [1.54, 1.807) is 19.2 Å². The first kappa shape index (κ1) is 10.6. The molecule has 0 radical (unpaired) electrons. The molecule has 0 unspecified atom stereocenters. The maximum absolute atomic E-state index is 13.5. The van der Waals surface area contributed by atoms with Gasteiger partial charge in [0.25, 0.3) is 0 Å². The lowest BCUT2D eigenvalue weighted by Crippen LogP contribution is -1.89. The third kappa shape index (κ3) is 2.03. The summed E-state index contributed by atoms with van der Waals surface area (Å²) in [5.74, 6) is -0.854. The van der Waals surface area contributed by atoms with E-state index in [0.29, 0.717) is 5.56 Å². The molecule has 0 aliphatic carbocycles. The van der Waals surface area contributed by atoms with Crippen molar-refractivity contribution in [1.82, 2.24) is 0 Å². The number of nitrogens with one attached hydrogen (secondary N) is 1. The van der Waals surface area contributed by atoms with Gasteiger partial charge in [-0.05, 0) is 35.9 Å². The Kier molecular flexibility index (Phi) is 2.86. The summed E-state index contributed by atoms with van der Waals surface area (Å²) in [7, 11) is 1.80. The fourth-order valence-electron chi connectivity index (χ4n) is 1.54. The second kappa shape index (κ2) is 4.31. The highest BCUT2D eigenvalue weighted by Crippen LogP contribution is 2.24. The Labute approximate surface area is 92.7 Å². The summed E-state index contributed by atoms with van der Waals surface area (Å²) >= 11 is 0. The lowest BCUT2D eigenvalue weighted by atomic mass is 10.0. The van der Waals surface area contributed by atoms with Gasteiger partial charge in [-0.15, -0.1) is 0 Å². The van der Waals surface area contributed by atoms with Gasteiger partial charge < -0.3 is 5.32 Å².